The molecule has 1 aromatic heterocycles. The van der Waals surface area contributed by atoms with E-state index in [1.165, 1.54) is 11.3 Å². The van der Waals surface area contributed by atoms with Crippen LogP contribution in [0, 0.1) is 11.3 Å². The summed E-state index contributed by atoms with van der Waals surface area (Å²) in [6.07, 6.45) is 1.64. The first-order chi connectivity index (χ1) is 11.6. The number of rotatable bonds is 3. The van der Waals surface area contributed by atoms with E-state index >= 15 is 0 Å². The number of hydrogen-bond acceptors (Lipinski definition) is 4. The predicted molar refractivity (Wildman–Crippen MR) is 99.2 cm³/mol. The number of aromatic hydroxyl groups is 1. The van der Waals surface area contributed by atoms with E-state index in [9.17, 15) is 10.4 Å². The minimum Gasteiger partial charge on any atom is -0.505 e. The number of nitriles is 1. The molecule has 1 heterocycles. The molecule has 0 radical (unpaired) electrons. The second kappa shape index (κ2) is 7.06. The van der Waals surface area contributed by atoms with Gasteiger partial charge in [-0.05, 0) is 23.8 Å². The molecule has 1 N–H and O–H groups in total. The summed E-state index contributed by atoms with van der Waals surface area (Å²) < 4.78 is 0. The summed E-state index contributed by atoms with van der Waals surface area (Å²) in [5.41, 5.74) is 2.84. The normalized spacial score (nSPS) is 11.3. The van der Waals surface area contributed by atoms with E-state index in [1.54, 1.807) is 18.2 Å². The highest BCUT2D eigenvalue weighted by Crippen LogP contribution is 2.34. The summed E-state index contributed by atoms with van der Waals surface area (Å²) >= 11 is 13.2. The van der Waals surface area contributed by atoms with Crippen LogP contribution in [0.3, 0.4) is 0 Å². The smallest absolute Gasteiger partial charge is 0.152 e. The maximum absolute atomic E-state index is 9.61. The van der Waals surface area contributed by atoms with Crippen molar-refractivity contribution in [3.05, 3.63) is 68.5 Å². The number of allylic oxidation sites excluding steroid dienone is 1. The molecule has 3 nitrogen and oxygen atoms in total. The second-order valence-corrected chi connectivity index (χ2v) is 6.58. The Labute approximate surface area is 153 Å². The fraction of sp³-hybridized carbons (Fsp3) is 0. The Bertz CT molecular complexity index is 936. The quantitative estimate of drug-likeness (QED) is 0.583. The minimum absolute atomic E-state index is 0.134. The van der Waals surface area contributed by atoms with Crippen LogP contribution in [-0.4, -0.2) is 10.1 Å². The minimum atomic E-state index is -0.172. The molecule has 0 atom stereocenters. The van der Waals surface area contributed by atoms with Gasteiger partial charge in [-0.1, -0.05) is 53.5 Å². The van der Waals surface area contributed by atoms with Gasteiger partial charge in [0.15, 0.2) is 5.75 Å². The summed E-state index contributed by atoms with van der Waals surface area (Å²) in [4.78, 5) is 4.52. The number of phenolic OH excluding ortho intramolecular Hbond substituents is 1. The number of thiazole rings is 1. The zero-order chi connectivity index (χ0) is 17.1. The van der Waals surface area contributed by atoms with Crippen molar-refractivity contribution >= 4 is 46.2 Å². The van der Waals surface area contributed by atoms with Crippen molar-refractivity contribution in [2.45, 2.75) is 0 Å². The molecule has 2 aromatic carbocycles. The Morgan fingerprint density at radius 1 is 1.17 bits per heavy atom. The molecule has 0 aliphatic carbocycles. The third-order valence-electron chi connectivity index (χ3n) is 3.27. The highest BCUT2D eigenvalue weighted by Gasteiger charge is 2.11. The Balaban J connectivity index is 1.98. The van der Waals surface area contributed by atoms with E-state index in [0.717, 1.165) is 11.3 Å². The third-order valence-corrected chi connectivity index (χ3v) is 4.73. The van der Waals surface area contributed by atoms with Crippen molar-refractivity contribution < 1.29 is 5.11 Å². The largest absolute Gasteiger partial charge is 0.505 e. The van der Waals surface area contributed by atoms with Gasteiger partial charge in [-0.2, -0.15) is 5.26 Å². The molecule has 0 saturated carbocycles. The molecule has 0 aliphatic heterocycles. The molecule has 3 rings (SSSR count). The van der Waals surface area contributed by atoms with Gasteiger partial charge in [0, 0.05) is 10.9 Å². The highest BCUT2D eigenvalue weighted by atomic mass is 35.5. The summed E-state index contributed by atoms with van der Waals surface area (Å²) in [6.45, 7) is 0. The van der Waals surface area contributed by atoms with Crippen molar-refractivity contribution in [2.75, 3.05) is 0 Å². The number of phenols is 1. The van der Waals surface area contributed by atoms with Crippen molar-refractivity contribution in [1.82, 2.24) is 4.98 Å². The molecular formula is C18H10Cl2N2OS. The molecule has 0 spiro atoms. The summed E-state index contributed by atoms with van der Waals surface area (Å²) in [5.74, 6) is -0.172. The molecule has 0 unspecified atom stereocenters. The predicted octanol–water partition coefficient (Wildman–Crippen LogP) is 5.89. The summed E-state index contributed by atoms with van der Waals surface area (Å²) in [6, 6.07) is 15.0. The fourth-order valence-corrected chi connectivity index (χ4v) is 3.41. The van der Waals surface area contributed by atoms with Crippen LogP contribution in [0.4, 0.5) is 0 Å². The number of halogens is 2. The average molecular weight is 373 g/mol. The van der Waals surface area contributed by atoms with Crippen LogP contribution in [0.5, 0.6) is 5.75 Å². The maximum atomic E-state index is 9.61. The first-order valence-electron chi connectivity index (χ1n) is 6.89. The lowest BCUT2D eigenvalue weighted by atomic mass is 10.1. The Morgan fingerprint density at radius 2 is 1.83 bits per heavy atom. The second-order valence-electron chi connectivity index (χ2n) is 4.91. The van der Waals surface area contributed by atoms with Gasteiger partial charge in [0.1, 0.15) is 11.1 Å². The lowest BCUT2D eigenvalue weighted by molar-refractivity contribution is 0.476. The number of benzene rings is 2. The average Bonchev–Trinajstić information content (AvgIpc) is 3.08. The molecule has 0 aliphatic rings. The lowest BCUT2D eigenvalue weighted by Gasteiger charge is -2.02. The molecule has 118 valence electrons. The Hall–Kier alpha value is -2.32. The molecule has 3 aromatic rings. The van der Waals surface area contributed by atoms with Gasteiger partial charge < -0.3 is 5.11 Å². The lowest BCUT2D eigenvalue weighted by Crippen LogP contribution is -1.83. The van der Waals surface area contributed by atoms with E-state index in [-0.39, 0.29) is 15.8 Å². The fourth-order valence-electron chi connectivity index (χ4n) is 2.12. The van der Waals surface area contributed by atoms with Crippen LogP contribution in [0.2, 0.25) is 10.0 Å². The van der Waals surface area contributed by atoms with E-state index in [2.05, 4.69) is 11.1 Å². The molecule has 0 saturated heterocycles. The zero-order valence-corrected chi connectivity index (χ0v) is 14.5. The SMILES string of the molecule is N#CC(=Cc1cc(Cl)c(O)c(Cl)c1)c1nc(-c2ccccc2)cs1. The number of nitrogens with zero attached hydrogens (tertiary/aromatic N) is 2. The van der Waals surface area contributed by atoms with Gasteiger partial charge in [0.25, 0.3) is 0 Å². The van der Waals surface area contributed by atoms with Gasteiger partial charge in [0.05, 0.1) is 21.3 Å². The van der Waals surface area contributed by atoms with Crippen molar-refractivity contribution in [3.63, 3.8) is 0 Å². The Kier molecular flexibility index (Phi) is 4.86. The molecule has 6 heteroatoms. The first kappa shape index (κ1) is 16.5. The third kappa shape index (κ3) is 3.44. The van der Waals surface area contributed by atoms with Gasteiger partial charge in [-0.3, -0.25) is 0 Å². The number of aromatic nitrogens is 1. The zero-order valence-electron chi connectivity index (χ0n) is 12.2. The van der Waals surface area contributed by atoms with Crippen molar-refractivity contribution in [1.29, 1.82) is 5.26 Å². The van der Waals surface area contributed by atoms with Crippen LogP contribution >= 0.6 is 34.5 Å². The standard InChI is InChI=1S/C18H10Cl2N2OS/c19-14-7-11(8-15(20)17(14)23)6-13(9-21)18-22-16(10-24-18)12-4-2-1-3-5-12/h1-8,10,23H. The van der Waals surface area contributed by atoms with E-state index in [0.29, 0.717) is 16.1 Å². The molecule has 0 bridgehead atoms. The molecule has 0 fully saturated rings. The Morgan fingerprint density at radius 3 is 2.46 bits per heavy atom. The first-order valence-corrected chi connectivity index (χ1v) is 8.53. The van der Waals surface area contributed by atoms with Crippen molar-refractivity contribution in [3.8, 4) is 23.1 Å². The summed E-state index contributed by atoms with van der Waals surface area (Å²) in [5, 5.41) is 21.8. The van der Waals surface area contributed by atoms with Gasteiger partial charge >= 0.3 is 0 Å². The molecular weight excluding hydrogens is 363 g/mol. The van der Waals surface area contributed by atoms with Crippen LogP contribution in [-0.2, 0) is 0 Å². The van der Waals surface area contributed by atoms with E-state index in [1.807, 2.05) is 35.7 Å². The molecule has 24 heavy (non-hydrogen) atoms. The number of hydrogen-bond donors (Lipinski definition) is 1. The van der Waals surface area contributed by atoms with Crippen molar-refractivity contribution in [2.24, 2.45) is 0 Å². The van der Waals surface area contributed by atoms with Gasteiger partial charge in [-0.15, -0.1) is 11.3 Å². The topological polar surface area (TPSA) is 56.9 Å². The van der Waals surface area contributed by atoms with Crippen LogP contribution in [0.15, 0.2) is 47.8 Å². The summed E-state index contributed by atoms with van der Waals surface area (Å²) in [7, 11) is 0. The van der Waals surface area contributed by atoms with E-state index < -0.39 is 0 Å². The van der Waals surface area contributed by atoms with Crippen LogP contribution < -0.4 is 0 Å². The van der Waals surface area contributed by atoms with Gasteiger partial charge in [-0.25, -0.2) is 4.98 Å². The monoisotopic (exact) mass is 372 g/mol. The van der Waals surface area contributed by atoms with Crippen LogP contribution in [0.25, 0.3) is 22.9 Å². The molecule has 0 amide bonds. The maximum Gasteiger partial charge on any atom is 0.152 e. The highest BCUT2D eigenvalue weighted by molar-refractivity contribution is 7.11. The van der Waals surface area contributed by atoms with Crippen LogP contribution in [0.1, 0.15) is 10.6 Å². The van der Waals surface area contributed by atoms with Gasteiger partial charge in [0.2, 0.25) is 0 Å². The van der Waals surface area contributed by atoms with E-state index in [4.69, 9.17) is 23.2 Å².